The van der Waals surface area contributed by atoms with Crippen LogP contribution < -0.4 is 5.43 Å². The average Bonchev–Trinajstić information content (AvgIpc) is 2.65. The molecule has 0 saturated heterocycles. The fraction of sp³-hybridized carbons (Fsp3) is 0.421. The molecule has 0 radical (unpaired) electrons. The SMILES string of the molecule is C/C(=N\NC(=S)N(C)C1CCCCC1)c1ccc2ccccc2n1. The summed E-state index contributed by atoms with van der Waals surface area (Å²) in [4.78, 5) is 6.81. The topological polar surface area (TPSA) is 40.5 Å². The molecular weight excluding hydrogens is 316 g/mol. The van der Waals surface area contributed by atoms with Crippen LogP contribution in [-0.4, -0.2) is 33.8 Å². The molecule has 1 aliphatic rings. The van der Waals surface area contributed by atoms with E-state index in [0.717, 1.165) is 22.3 Å². The van der Waals surface area contributed by atoms with E-state index in [2.05, 4.69) is 39.6 Å². The minimum atomic E-state index is 0.535. The molecule has 0 aliphatic heterocycles. The molecule has 0 unspecified atom stereocenters. The zero-order valence-electron chi connectivity index (χ0n) is 14.3. The summed E-state index contributed by atoms with van der Waals surface area (Å²) in [5, 5.41) is 6.25. The first-order chi connectivity index (χ1) is 11.6. The summed E-state index contributed by atoms with van der Waals surface area (Å²) in [5.41, 5.74) is 5.71. The lowest BCUT2D eigenvalue weighted by molar-refractivity contribution is 0.276. The normalized spacial score (nSPS) is 16.2. The van der Waals surface area contributed by atoms with Gasteiger partial charge in [-0.2, -0.15) is 5.10 Å². The van der Waals surface area contributed by atoms with Gasteiger partial charge in [-0.05, 0) is 44.1 Å². The Balaban J connectivity index is 1.66. The highest BCUT2D eigenvalue weighted by molar-refractivity contribution is 7.80. The first-order valence-electron chi connectivity index (χ1n) is 8.58. The van der Waals surface area contributed by atoms with Gasteiger partial charge in [-0.25, -0.2) is 4.98 Å². The van der Waals surface area contributed by atoms with E-state index in [1.165, 1.54) is 32.1 Å². The van der Waals surface area contributed by atoms with Crippen molar-refractivity contribution in [2.75, 3.05) is 7.05 Å². The van der Waals surface area contributed by atoms with Crippen molar-refractivity contribution in [3.8, 4) is 0 Å². The van der Waals surface area contributed by atoms with E-state index in [1.54, 1.807) is 0 Å². The van der Waals surface area contributed by atoms with Gasteiger partial charge < -0.3 is 4.90 Å². The number of benzene rings is 1. The molecule has 1 aromatic carbocycles. The third-order valence-electron chi connectivity index (χ3n) is 4.73. The third-order valence-corrected chi connectivity index (χ3v) is 5.11. The predicted octanol–water partition coefficient (Wildman–Crippen LogP) is 4.10. The Kier molecular flexibility index (Phi) is 5.41. The van der Waals surface area contributed by atoms with Gasteiger partial charge in [0.1, 0.15) is 0 Å². The highest BCUT2D eigenvalue weighted by atomic mass is 32.1. The molecule has 2 aromatic rings. The van der Waals surface area contributed by atoms with Crippen molar-refractivity contribution in [1.29, 1.82) is 0 Å². The van der Waals surface area contributed by atoms with Gasteiger partial charge in [-0.3, -0.25) is 5.43 Å². The first kappa shape index (κ1) is 16.8. The Morgan fingerprint density at radius 1 is 1.17 bits per heavy atom. The second kappa shape index (κ2) is 7.71. The molecule has 1 saturated carbocycles. The van der Waals surface area contributed by atoms with Gasteiger partial charge in [0.15, 0.2) is 5.11 Å². The maximum Gasteiger partial charge on any atom is 0.189 e. The minimum Gasteiger partial charge on any atom is -0.348 e. The van der Waals surface area contributed by atoms with Crippen molar-refractivity contribution in [2.45, 2.75) is 45.1 Å². The Hall–Kier alpha value is -2.01. The monoisotopic (exact) mass is 340 g/mol. The molecular formula is C19H24N4S. The number of nitrogens with zero attached hydrogens (tertiary/aromatic N) is 3. The van der Waals surface area contributed by atoms with E-state index in [0.29, 0.717) is 11.2 Å². The van der Waals surface area contributed by atoms with Crippen molar-refractivity contribution >= 4 is 33.9 Å². The van der Waals surface area contributed by atoms with Gasteiger partial charge in [0.05, 0.1) is 16.9 Å². The number of aromatic nitrogens is 1. The fourth-order valence-corrected chi connectivity index (χ4v) is 3.36. The minimum absolute atomic E-state index is 0.535. The smallest absolute Gasteiger partial charge is 0.189 e. The Bertz CT molecular complexity index is 750. The Morgan fingerprint density at radius 2 is 1.92 bits per heavy atom. The number of thiocarbonyl (C=S) groups is 1. The first-order valence-corrected chi connectivity index (χ1v) is 8.99. The summed E-state index contributed by atoms with van der Waals surface area (Å²) < 4.78 is 0. The van der Waals surface area contributed by atoms with Gasteiger partial charge in [-0.1, -0.05) is 43.5 Å². The van der Waals surface area contributed by atoms with Crippen LogP contribution in [0.15, 0.2) is 41.5 Å². The third kappa shape index (κ3) is 3.90. The second-order valence-corrected chi connectivity index (χ2v) is 6.79. The van der Waals surface area contributed by atoms with Crippen molar-refractivity contribution < 1.29 is 0 Å². The van der Waals surface area contributed by atoms with Gasteiger partial charge in [0, 0.05) is 18.5 Å². The molecule has 0 bridgehead atoms. The summed E-state index contributed by atoms with van der Waals surface area (Å²) in [6.07, 6.45) is 6.36. The van der Waals surface area contributed by atoms with Crippen LogP contribution in [-0.2, 0) is 0 Å². The largest absolute Gasteiger partial charge is 0.348 e. The molecule has 5 heteroatoms. The van der Waals surface area contributed by atoms with E-state index in [1.807, 2.05) is 31.2 Å². The van der Waals surface area contributed by atoms with Crippen LogP contribution >= 0.6 is 12.2 Å². The molecule has 1 fully saturated rings. The number of hydrazone groups is 1. The molecule has 3 rings (SSSR count). The molecule has 0 spiro atoms. The lowest BCUT2D eigenvalue weighted by atomic mass is 9.95. The fourth-order valence-electron chi connectivity index (χ4n) is 3.17. The van der Waals surface area contributed by atoms with E-state index in [9.17, 15) is 0 Å². The second-order valence-electron chi connectivity index (χ2n) is 6.41. The van der Waals surface area contributed by atoms with Crippen LogP contribution in [0.25, 0.3) is 10.9 Å². The average molecular weight is 340 g/mol. The van der Waals surface area contributed by atoms with Crippen molar-refractivity contribution in [3.63, 3.8) is 0 Å². The lowest BCUT2D eigenvalue weighted by Crippen LogP contribution is -2.42. The van der Waals surface area contributed by atoms with E-state index < -0.39 is 0 Å². The predicted molar refractivity (Wildman–Crippen MR) is 104 cm³/mol. The lowest BCUT2D eigenvalue weighted by Gasteiger charge is -2.32. The van der Waals surface area contributed by atoms with E-state index in [4.69, 9.17) is 12.2 Å². The zero-order valence-corrected chi connectivity index (χ0v) is 15.1. The maximum absolute atomic E-state index is 5.49. The molecule has 4 nitrogen and oxygen atoms in total. The standard InChI is InChI=1S/C19H24N4S/c1-14(17-13-12-15-8-6-7-11-18(15)20-17)21-22-19(24)23(2)16-9-4-3-5-10-16/h6-8,11-13,16H,3-5,9-10H2,1-2H3,(H,22,24)/b21-14+. The van der Waals surface area contributed by atoms with Gasteiger partial charge in [0.2, 0.25) is 0 Å². The molecule has 1 aliphatic carbocycles. The summed E-state index contributed by atoms with van der Waals surface area (Å²) in [7, 11) is 2.06. The number of fused-ring (bicyclic) bond motifs is 1. The molecule has 0 amide bonds. The summed E-state index contributed by atoms with van der Waals surface area (Å²) in [6, 6.07) is 12.7. The van der Waals surface area contributed by atoms with Crippen LogP contribution in [0.1, 0.15) is 44.7 Å². The van der Waals surface area contributed by atoms with E-state index >= 15 is 0 Å². The highest BCUT2D eigenvalue weighted by Gasteiger charge is 2.19. The number of nitrogens with one attached hydrogen (secondary N) is 1. The Labute approximate surface area is 149 Å². The maximum atomic E-state index is 5.49. The molecule has 126 valence electrons. The van der Waals surface area contributed by atoms with Crippen LogP contribution in [0.4, 0.5) is 0 Å². The molecule has 1 N–H and O–H groups in total. The number of rotatable bonds is 3. The highest BCUT2D eigenvalue weighted by Crippen LogP contribution is 2.21. The summed E-state index contributed by atoms with van der Waals surface area (Å²) >= 11 is 5.49. The van der Waals surface area contributed by atoms with Gasteiger partial charge >= 0.3 is 0 Å². The molecule has 1 aromatic heterocycles. The quantitative estimate of drug-likeness (QED) is 0.519. The van der Waals surface area contributed by atoms with E-state index in [-0.39, 0.29) is 0 Å². The Morgan fingerprint density at radius 3 is 2.71 bits per heavy atom. The number of para-hydroxylation sites is 1. The van der Waals surface area contributed by atoms with Crippen LogP contribution in [0.5, 0.6) is 0 Å². The molecule has 0 atom stereocenters. The van der Waals surface area contributed by atoms with Crippen LogP contribution in [0, 0.1) is 0 Å². The van der Waals surface area contributed by atoms with Crippen molar-refractivity contribution in [2.24, 2.45) is 5.10 Å². The van der Waals surface area contributed by atoms with Crippen LogP contribution in [0.3, 0.4) is 0 Å². The zero-order chi connectivity index (χ0) is 16.9. The number of hydrogen-bond acceptors (Lipinski definition) is 3. The molecule has 24 heavy (non-hydrogen) atoms. The number of hydrogen-bond donors (Lipinski definition) is 1. The van der Waals surface area contributed by atoms with Crippen molar-refractivity contribution in [1.82, 2.24) is 15.3 Å². The molecule has 1 heterocycles. The van der Waals surface area contributed by atoms with Gasteiger partial charge in [-0.15, -0.1) is 0 Å². The number of pyridine rings is 1. The summed E-state index contributed by atoms with van der Waals surface area (Å²) in [6.45, 7) is 1.95. The van der Waals surface area contributed by atoms with Crippen LogP contribution in [0.2, 0.25) is 0 Å². The van der Waals surface area contributed by atoms with Gasteiger partial charge in [0.25, 0.3) is 0 Å². The summed E-state index contributed by atoms with van der Waals surface area (Å²) in [5.74, 6) is 0. The van der Waals surface area contributed by atoms with Crippen molar-refractivity contribution in [3.05, 3.63) is 42.1 Å².